The average molecular weight is 183 g/mol. The molecule has 13 heavy (non-hydrogen) atoms. The predicted octanol–water partition coefficient (Wildman–Crippen LogP) is 3.35. The molecule has 0 aliphatic heterocycles. The first-order chi connectivity index (χ1) is 6.06. The first-order valence-corrected chi connectivity index (χ1v) is 5.40. The highest BCUT2D eigenvalue weighted by atomic mass is 14.5. The molecule has 0 saturated heterocycles. The molecule has 0 amide bonds. The Balaban J connectivity index is 3.39. The van der Waals surface area contributed by atoms with E-state index < -0.39 is 0 Å². The van der Waals surface area contributed by atoms with Crippen LogP contribution in [0.5, 0.6) is 0 Å². The van der Waals surface area contributed by atoms with E-state index in [1.165, 1.54) is 31.3 Å². The quantitative estimate of drug-likeness (QED) is 0.602. The topological polar surface area (TPSA) is 26.0 Å². The normalized spacial score (nSPS) is 15.4. The Morgan fingerprint density at radius 2 is 1.69 bits per heavy atom. The Labute approximate surface area is 83.4 Å². The van der Waals surface area contributed by atoms with Crippen LogP contribution in [-0.2, 0) is 0 Å². The van der Waals surface area contributed by atoms with E-state index in [9.17, 15) is 0 Å². The summed E-state index contributed by atoms with van der Waals surface area (Å²) in [5.41, 5.74) is 6.87. The summed E-state index contributed by atoms with van der Waals surface area (Å²) in [7, 11) is 0. The van der Waals surface area contributed by atoms with Crippen LogP contribution in [0.2, 0.25) is 0 Å². The van der Waals surface area contributed by atoms with Crippen molar-refractivity contribution in [3.8, 4) is 0 Å². The van der Waals surface area contributed by atoms with Crippen molar-refractivity contribution in [2.45, 2.75) is 46.5 Å². The van der Waals surface area contributed by atoms with Crippen molar-refractivity contribution in [2.24, 2.45) is 17.6 Å². The minimum absolute atomic E-state index is 0.687. The third-order valence-electron chi connectivity index (χ3n) is 2.62. The lowest BCUT2D eigenvalue weighted by molar-refractivity contribution is 0.417. The van der Waals surface area contributed by atoms with Crippen LogP contribution in [-0.4, -0.2) is 6.54 Å². The first-order valence-electron chi connectivity index (χ1n) is 5.40. The molecule has 0 spiro atoms. The molecule has 0 aromatic rings. The molecule has 0 rings (SSSR count). The molecule has 0 saturated carbocycles. The third kappa shape index (κ3) is 8.04. The zero-order valence-corrected chi connectivity index (χ0v) is 9.47. The smallest absolute Gasteiger partial charge is 0.00515 e. The van der Waals surface area contributed by atoms with E-state index in [2.05, 4.69) is 27.4 Å². The Bertz CT molecular complexity index is 140. The van der Waals surface area contributed by atoms with Gasteiger partial charge in [0, 0.05) is 0 Å². The van der Waals surface area contributed by atoms with Crippen LogP contribution in [0.4, 0.5) is 0 Å². The van der Waals surface area contributed by atoms with Gasteiger partial charge in [0.25, 0.3) is 0 Å². The van der Waals surface area contributed by atoms with E-state index in [1.54, 1.807) is 0 Å². The largest absolute Gasteiger partial charge is 0.330 e. The second kappa shape index (κ2) is 7.14. The minimum atomic E-state index is 0.687. The summed E-state index contributed by atoms with van der Waals surface area (Å²) >= 11 is 0. The molecule has 1 heteroatoms. The van der Waals surface area contributed by atoms with Gasteiger partial charge in [0.15, 0.2) is 0 Å². The average Bonchev–Trinajstić information content (AvgIpc) is 2.10. The highest BCUT2D eigenvalue weighted by molar-refractivity contribution is 4.87. The molecule has 78 valence electrons. The summed E-state index contributed by atoms with van der Waals surface area (Å²) in [6, 6.07) is 0. The molecule has 0 aromatic heterocycles. The summed E-state index contributed by atoms with van der Waals surface area (Å²) in [5, 5.41) is 0. The summed E-state index contributed by atoms with van der Waals surface area (Å²) in [6.07, 6.45) is 5.05. The van der Waals surface area contributed by atoms with E-state index in [0.717, 1.165) is 12.5 Å². The molecular weight excluding hydrogens is 158 g/mol. The second-order valence-electron chi connectivity index (χ2n) is 4.52. The van der Waals surface area contributed by atoms with Crippen molar-refractivity contribution in [3.63, 3.8) is 0 Å². The predicted molar refractivity (Wildman–Crippen MR) is 60.7 cm³/mol. The fourth-order valence-corrected chi connectivity index (χ4v) is 1.32. The molecule has 0 fully saturated rings. The fraction of sp³-hybridized carbons (Fsp3) is 0.833. The van der Waals surface area contributed by atoms with Crippen LogP contribution in [0.3, 0.4) is 0 Å². The summed E-state index contributed by atoms with van der Waals surface area (Å²) in [6.45, 7) is 11.4. The van der Waals surface area contributed by atoms with Crippen molar-refractivity contribution in [1.82, 2.24) is 0 Å². The molecule has 0 aliphatic carbocycles. The molecule has 0 aromatic carbocycles. The Morgan fingerprint density at radius 1 is 1.15 bits per heavy atom. The molecule has 0 bridgehead atoms. The van der Waals surface area contributed by atoms with Crippen molar-refractivity contribution < 1.29 is 0 Å². The number of hydrogen-bond acceptors (Lipinski definition) is 1. The molecular formula is C12H25N. The third-order valence-corrected chi connectivity index (χ3v) is 2.62. The van der Waals surface area contributed by atoms with E-state index in [1.807, 2.05) is 0 Å². The highest BCUT2D eigenvalue weighted by Crippen LogP contribution is 2.17. The standard InChI is InChI=1S/C12H25N/c1-10(2)5-6-11(3)7-8-12(4)9-13/h11-12H,1,5-9,13H2,2-4H3/t11?,12-/m0/s1. The fourth-order valence-electron chi connectivity index (χ4n) is 1.32. The number of rotatable bonds is 7. The number of nitrogens with two attached hydrogens (primary N) is 1. The first kappa shape index (κ1) is 12.7. The van der Waals surface area contributed by atoms with Crippen molar-refractivity contribution >= 4 is 0 Å². The molecule has 1 unspecified atom stereocenters. The summed E-state index contributed by atoms with van der Waals surface area (Å²) in [5.74, 6) is 1.51. The zero-order valence-electron chi connectivity index (χ0n) is 9.47. The van der Waals surface area contributed by atoms with Crippen LogP contribution in [0, 0.1) is 11.8 Å². The maximum atomic E-state index is 5.57. The van der Waals surface area contributed by atoms with E-state index in [0.29, 0.717) is 5.92 Å². The van der Waals surface area contributed by atoms with Gasteiger partial charge in [0.1, 0.15) is 0 Å². The molecule has 0 radical (unpaired) electrons. The lowest BCUT2D eigenvalue weighted by Crippen LogP contribution is -2.11. The highest BCUT2D eigenvalue weighted by Gasteiger charge is 2.05. The molecule has 0 aliphatic rings. The lowest BCUT2D eigenvalue weighted by atomic mass is 9.94. The van der Waals surface area contributed by atoms with Gasteiger partial charge in [0.2, 0.25) is 0 Å². The Kier molecular flexibility index (Phi) is 6.97. The maximum Gasteiger partial charge on any atom is -0.00515 e. The zero-order chi connectivity index (χ0) is 10.3. The summed E-state index contributed by atoms with van der Waals surface area (Å²) in [4.78, 5) is 0. The molecule has 0 heterocycles. The van der Waals surface area contributed by atoms with Crippen molar-refractivity contribution in [3.05, 3.63) is 12.2 Å². The van der Waals surface area contributed by atoms with Gasteiger partial charge in [-0.25, -0.2) is 0 Å². The number of allylic oxidation sites excluding steroid dienone is 1. The second-order valence-corrected chi connectivity index (χ2v) is 4.52. The SMILES string of the molecule is C=C(C)CCC(C)CC[C@H](C)CN. The van der Waals surface area contributed by atoms with Gasteiger partial charge >= 0.3 is 0 Å². The molecule has 2 atom stereocenters. The van der Waals surface area contributed by atoms with Gasteiger partial charge in [0.05, 0.1) is 0 Å². The van der Waals surface area contributed by atoms with Crippen molar-refractivity contribution in [2.75, 3.05) is 6.54 Å². The number of hydrogen-bond donors (Lipinski definition) is 1. The molecule has 1 nitrogen and oxygen atoms in total. The monoisotopic (exact) mass is 183 g/mol. The van der Waals surface area contributed by atoms with Gasteiger partial charge in [-0.2, -0.15) is 0 Å². The molecule has 2 N–H and O–H groups in total. The van der Waals surface area contributed by atoms with Crippen LogP contribution >= 0.6 is 0 Å². The van der Waals surface area contributed by atoms with Crippen LogP contribution in [0.25, 0.3) is 0 Å². The van der Waals surface area contributed by atoms with Gasteiger partial charge < -0.3 is 5.73 Å². The van der Waals surface area contributed by atoms with Crippen LogP contribution in [0.15, 0.2) is 12.2 Å². The van der Waals surface area contributed by atoms with Gasteiger partial charge in [-0.05, 0) is 44.6 Å². The minimum Gasteiger partial charge on any atom is -0.330 e. The summed E-state index contributed by atoms with van der Waals surface area (Å²) < 4.78 is 0. The maximum absolute atomic E-state index is 5.57. The lowest BCUT2D eigenvalue weighted by Gasteiger charge is -2.13. The van der Waals surface area contributed by atoms with Crippen LogP contribution < -0.4 is 5.73 Å². The van der Waals surface area contributed by atoms with Gasteiger partial charge in [-0.3, -0.25) is 0 Å². The van der Waals surface area contributed by atoms with Gasteiger partial charge in [-0.15, -0.1) is 6.58 Å². The van der Waals surface area contributed by atoms with E-state index in [-0.39, 0.29) is 0 Å². The Hall–Kier alpha value is -0.300. The van der Waals surface area contributed by atoms with Crippen molar-refractivity contribution in [1.29, 1.82) is 0 Å². The van der Waals surface area contributed by atoms with Gasteiger partial charge in [-0.1, -0.05) is 25.8 Å². The van der Waals surface area contributed by atoms with Crippen LogP contribution in [0.1, 0.15) is 46.5 Å². The van der Waals surface area contributed by atoms with E-state index in [4.69, 9.17) is 5.73 Å². The Morgan fingerprint density at radius 3 is 2.15 bits per heavy atom. The van der Waals surface area contributed by atoms with E-state index >= 15 is 0 Å².